The zero-order valence-electron chi connectivity index (χ0n) is 13.9. The van der Waals surface area contributed by atoms with E-state index in [1.807, 2.05) is 11.0 Å². The van der Waals surface area contributed by atoms with Crippen LogP contribution >= 0.6 is 11.6 Å². The van der Waals surface area contributed by atoms with Crippen molar-refractivity contribution in [3.63, 3.8) is 0 Å². The summed E-state index contributed by atoms with van der Waals surface area (Å²) in [6, 6.07) is 5.22. The number of alkyl halides is 1. The van der Waals surface area contributed by atoms with Gasteiger partial charge in [0.15, 0.2) is 0 Å². The van der Waals surface area contributed by atoms with E-state index in [-0.39, 0.29) is 22.4 Å². The monoisotopic (exact) mass is 368 g/mol. The molecule has 0 saturated carbocycles. The number of carbonyl (C=O) groups excluding carboxylic acids is 1. The summed E-state index contributed by atoms with van der Waals surface area (Å²) in [6.07, 6.45) is 0. The number of nitro groups is 1. The molecule has 136 valence electrons. The van der Waals surface area contributed by atoms with Crippen LogP contribution in [0, 0.1) is 10.1 Å². The minimum Gasteiger partial charge on any atom is -0.378 e. The van der Waals surface area contributed by atoms with Crippen LogP contribution in [0.2, 0.25) is 0 Å². The fourth-order valence-corrected chi connectivity index (χ4v) is 3.39. The van der Waals surface area contributed by atoms with Crippen molar-refractivity contribution < 1.29 is 14.5 Å². The number of hydrogen-bond acceptors (Lipinski definition) is 6. The van der Waals surface area contributed by atoms with Gasteiger partial charge in [-0.05, 0) is 12.1 Å². The quantitative estimate of drug-likeness (QED) is 0.453. The highest BCUT2D eigenvalue weighted by Gasteiger charge is 2.25. The summed E-state index contributed by atoms with van der Waals surface area (Å²) in [5.41, 5.74) is 1.68. The molecule has 0 bridgehead atoms. The van der Waals surface area contributed by atoms with Gasteiger partial charge in [-0.25, -0.2) is 0 Å². The fraction of sp³-hybridized carbons (Fsp3) is 0.562. The number of hydrogen-bond donors (Lipinski definition) is 0. The molecular formula is C16H21ClN4O4. The Hall–Kier alpha value is -2.06. The SMILES string of the molecule is O=C(CCl)N1CCN(c2ccc([N+](=O)[O-])c(N3CCOCC3)c2)CC1. The van der Waals surface area contributed by atoms with E-state index < -0.39 is 0 Å². The van der Waals surface area contributed by atoms with Gasteiger partial charge in [0.1, 0.15) is 11.6 Å². The zero-order valence-corrected chi connectivity index (χ0v) is 14.7. The lowest BCUT2D eigenvalue weighted by atomic mass is 10.1. The number of amides is 1. The second kappa shape index (κ2) is 7.88. The lowest BCUT2D eigenvalue weighted by Gasteiger charge is -2.36. The Morgan fingerprint density at radius 3 is 2.40 bits per heavy atom. The number of morpholine rings is 1. The fourth-order valence-electron chi connectivity index (χ4n) is 3.22. The van der Waals surface area contributed by atoms with Gasteiger partial charge in [0, 0.05) is 51.0 Å². The molecule has 3 rings (SSSR count). The van der Waals surface area contributed by atoms with Gasteiger partial charge in [-0.2, -0.15) is 0 Å². The van der Waals surface area contributed by atoms with Gasteiger partial charge in [-0.1, -0.05) is 0 Å². The first kappa shape index (κ1) is 17.8. The number of nitro benzene ring substituents is 1. The van der Waals surface area contributed by atoms with Gasteiger partial charge >= 0.3 is 0 Å². The Bertz CT molecular complexity index is 643. The van der Waals surface area contributed by atoms with E-state index in [1.165, 1.54) is 0 Å². The van der Waals surface area contributed by atoms with Crippen LogP contribution in [-0.2, 0) is 9.53 Å². The van der Waals surface area contributed by atoms with Crippen LogP contribution in [0.15, 0.2) is 18.2 Å². The topological polar surface area (TPSA) is 79.2 Å². The second-order valence-electron chi connectivity index (χ2n) is 6.03. The summed E-state index contributed by atoms with van der Waals surface area (Å²) in [5, 5.41) is 11.4. The van der Waals surface area contributed by atoms with Crippen molar-refractivity contribution in [3.05, 3.63) is 28.3 Å². The predicted octanol–water partition coefficient (Wildman–Crippen LogP) is 1.32. The van der Waals surface area contributed by atoms with Gasteiger partial charge in [-0.3, -0.25) is 14.9 Å². The van der Waals surface area contributed by atoms with E-state index >= 15 is 0 Å². The minimum atomic E-state index is -0.342. The van der Waals surface area contributed by atoms with Gasteiger partial charge < -0.3 is 19.4 Å². The van der Waals surface area contributed by atoms with E-state index in [2.05, 4.69) is 4.90 Å². The van der Waals surface area contributed by atoms with Gasteiger partial charge in [0.25, 0.3) is 5.69 Å². The summed E-state index contributed by atoms with van der Waals surface area (Å²) in [5.74, 6) is -0.0577. The molecule has 2 heterocycles. The molecule has 0 atom stereocenters. The Morgan fingerprint density at radius 2 is 1.80 bits per heavy atom. The third kappa shape index (κ3) is 3.96. The number of anilines is 2. The van der Waals surface area contributed by atoms with E-state index in [1.54, 1.807) is 17.0 Å². The minimum absolute atomic E-state index is 0.00128. The Labute approximate surface area is 151 Å². The highest BCUT2D eigenvalue weighted by molar-refractivity contribution is 6.27. The summed E-state index contributed by atoms with van der Waals surface area (Å²) in [7, 11) is 0. The molecule has 9 heteroatoms. The first-order valence-electron chi connectivity index (χ1n) is 8.30. The summed E-state index contributed by atoms with van der Waals surface area (Å²) < 4.78 is 5.34. The predicted molar refractivity (Wildman–Crippen MR) is 95.6 cm³/mol. The van der Waals surface area contributed by atoms with E-state index in [4.69, 9.17) is 16.3 Å². The third-order valence-corrected chi connectivity index (χ3v) is 4.85. The van der Waals surface area contributed by atoms with Crippen molar-refractivity contribution >= 4 is 34.6 Å². The molecule has 0 spiro atoms. The highest BCUT2D eigenvalue weighted by Crippen LogP contribution is 2.33. The molecule has 2 aliphatic heterocycles. The maximum Gasteiger partial charge on any atom is 0.292 e. The molecular weight excluding hydrogens is 348 g/mol. The van der Waals surface area contributed by atoms with Crippen molar-refractivity contribution in [2.45, 2.75) is 0 Å². The number of carbonyl (C=O) groups is 1. The van der Waals surface area contributed by atoms with E-state index in [0.717, 1.165) is 5.69 Å². The third-order valence-electron chi connectivity index (χ3n) is 4.62. The van der Waals surface area contributed by atoms with Crippen molar-refractivity contribution in [1.29, 1.82) is 0 Å². The molecule has 1 aromatic carbocycles. The second-order valence-corrected chi connectivity index (χ2v) is 6.30. The van der Waals surface area contributed by atoms with Crippen molar-refractivity contribution in [1.82, 2.24) is 4.90 Å². The molecule has 1 aromatic rings. The van der Waals surface area contributed by atoms with Crippen LogP contribution in [0.5, 0.6) is 0 Å². The number of nitrogens with zero attached hydrogens (tertiary/aromatic N) is 4. The first-order chi connectivity index (χ1) is 12.1. The van der Waals surface area contributed by atoms with Gasteiger partial charge in [-0.15, -0.1) is 11.6 Å². The maximum absolute atomic E-state index is 11.7. The number of halogens is 1. The number of rotatable bonds is 4. The van der Waals surface area contributed by atoms with E-state index in [0.29, 0.717) is 58.2 Å². The van der Waals surface area contributed by atoms with Crippen LogP contribution in [-0.4, -0.2) is 74.1 Å². The van der Waals surface area contributed by atoms with Crippen LogP contribution in [0.1, 0.15) is 0 Å². The highest BCUT2D eigenvalue weighted by atomic mass is 35.5. The zero-order chi connectivity index (χ0) is 17.8. The molecule has 2 saturated heterocycles. The summed E-state index contributed by atoms with van der Waals surface area (Å²) in [6.45, 7) is 5.00. The van der Waals surface area contributed by atoms with Crippen LogP contribution < -0.4 is 9.80 Å². The molecule has 2 aliphatic rings. The molecule has 0 aromatic heterocycles. The van der Waals surface area contributed by atoms with Crippen molar-refractivity contribution in [3.8, 4) is 0 Å². The normalized spacial score (nSPS) is 18.4. The van der Waals surface area contributed by atoms with Crippen molar-refractivity contribution in [2.24, 2.45) is 0 Å². The Kier molecular flexibility index (Phi) is 5.60. The Morgan fingerprint density at radius 1 is 1.12 bits per heavy atom. The molecule has 25 heavy (non-hydrogen) atoms. The van der Waals surface area contributed by atoms with Crippen molar-refractivity contribution in [2.75, 3.05) is 68.2 Å². The number of ether oxygens (including phenoxy) is 1. The largest absolute Gasteiger partial charge is 0.378 e. The van der Waals surface area contributed by atoms with E-state index in [9.17, 15) is 14.9 Å². The average Bonchev–Trinajstić information content (AvgIpc) is 2.67. The molecule has 0 radical (unpaired) electrons. The van der Waals surface area contributed by atoms with Crippen LogP contribution in [0.25, 0.3) is 0 Å². The molecule has 1 amide bonds. The summed E-state index contributed by atoms with van der Waals surface area (Å²) >= 11 is 5.61. The van der Waals surface area contributed by atoms with Crippen LogP contribution in [0.3, 0.4) is 0 Å². The lowest BCUT2D eigenvalue weighted by molar-refractivity contribution is -0.384. The smallest absolute Gasteiger partial charge is 0.292 e. The maximum atomic E-state index is 11.7. The summed E-state index contributed by atoms with van der Waals surface area (Å²) in [4.78, 5) is 28.6. The number of benzene rings is 1. The number of piperazine rings is 1. The molecule has 2 fully saturated rings. The molecule has 0 aliphatic carbocycles. The Balaban J connectivity index is 1.78. The average molecular weight is 369 g/mol. The molecule has 0 unspecified atom stereocenters. The standard InChI is InChI=1S/C16H21ClN4O4/c17-12-16(22)20-5-3-18(4-6-20)13-1-2-14(21(23)24)15(11-13)19-7-9-25-10-8-19/h1-2,11H,3-10,12H2. The van der Waals surface area contributed by atoms with Gasteiger partial charge in [0.2, 0.25) is 5.91 Å². The molecule has 0 N–H and O–H groups in total. The van der Waals surface area contributed by atoms with Gasteiger partial charge in [0.05, 0.1) is 18.1 Å². The van der Waals surface area contributed by atoms with Crippen LogP contribution in [0.4, 0.5) is 17.1 Å². The molecule has 8 nitrogen and oxygen atoms in total. The lowest BCUT2D eigenvalue weighted by Crippen LogP contribution is -2.49. The first-order valence-corrected chi connectivity index (χ1v) is 8.83.